The number of rotatable bonds is 11. The molecular formula is C31H39FN6O3Si. The summed E-state index contributed by atoms with van der Waals surface area (Å²) in [5.41, 5.74) is 1.70. The first-order chi connectivity index (χ1) is 19.7. The number of hydrogen-bond donors (Lipinski definition) is 2. The van der Waals surface area contributed by atoms with Crippen molar-refractivity contribution in [1.29, 1.82) is 0 Å². The Morgan fingerprint density at radius 1 is 1.10 bits per heavy atom. The molecule has 1 amide bonds. The summed E-state index contributed by atoms with van der Waals surface area (Å²) >= 11 is 0. The first kappa shape index (κ1) is 29.8. The maximum atomic E-state index is 15.3. The summed E-state index contributed by atoms with van der Waals surface area (Å²) in [7, 11) is -2.44. The number of pyridine rings is 2. The summed E-state index contributed by atoms with van der Waals surface area (Å²) in [6.07, 6.45) is 12.7. The molecule has 5 rings (SSSR count). The molecule has 222 valence electrons. The lowest BCUT2D eigenvalue weighted by molar-refractivity contribution is -0.116. The van der Waals surface area contributed by atoms with Gasteiger partial charge in [-0.2, -0.15) is 5.10 Å². The summed E-state index contributed by atoms with van der Waals surface area (Å²) < 4.78 is 18.7. The van der Waals surface area contributed by atoms with Crippen LogP contribution in [-0.4, -0.2) is 49.1 Å². The van der Waals surface area contributed by atoms with Gasteiger partial charge in [0, 0.05) is 52.8 Å². The van der Waals surface area contributed by atoms with E-state index >= 15 is 4.39 Å². The fourth-order valence-corrected chi connectivity index (χ4v) is 5.77. The van der Waals surface area contributed by atoms with Crippen molar-refractivity contribution in [2.45, 2.75) is 89.5 Å². The highest BCUT2D eigenvalue weighted by Crippen LogP contribution is 2.43. The fourth-order valence-electron chi connectivity index (χ4n) is 5.03. The van der Waals surface area contributed by atoms with Crippen LogP contribution in [-0.2, 0) is 16.9 Å². The third-order valence-electron chi connectivity index (χ3n) is 8.82. The molecule has 0 bridgehead atoms. The van der Waals surface area contributed by atoms with E-state index in [1.54, 1.807) is 23.1 Å². The minimum atomic E-state index is -2.44. The second kappa shape index (κ2) is 10.8. The van der Waals surface area contributed by atoms with Gasteiger partial charge in [-0.1, -0.05) is 13.8 Å². The van der Waals surface area contributed by atoms with E-state index < -0.39 is 19.7 Å². The Kier molecular flexibility index (Phi) is 7.69. The molecule has 4 aromatic rings. The van der Waals surface area contributed by atoms with Gasteiger partial charge in [0.15, 0.2) is 19.9 Å². The molecule has 1 fully saturated rings. The molecule has 9 nitrogen and oxygen atoms in total. The summed E-state index contributed by atoms with van der Waals surface area (Å²) in [5, 5.41) is 7.43. The van der Waals surface area contributed by atoms with Crippen LogP contribution in [0.4, 0.5) is 10.1 Å². The van der Waals surface area contributed by atoms with E-state index in [0.717, 1.165) is 31.2 Å². The van der Waals surface area contributed by atoms with Gasteiger partial charge in [0.1, 0.15) is 6.54 Å². The van der Waals surface area contributed by atoms with Crippen molar-refractivity contribution in [3.05, 3.63) is 72.0 Å². The number of nitrogens with one attached hydrogen (secondary N) is 1. The molecule has 0 radical (unpaired) electrons. The predicted octanol–water partition coefficient (Wildman–Crippen LogP) is 6.01. The van der Waals surface area contributed by atoms with Gasteiger partial charge in [-0.3, -0.25) is 24.2 Å². The Morgan fingerprint density at radius 3 is 2.50 bits per heavy atom. The van der Waals surface area contributed by atoms with Gasteiger partial charge in [-0.15, -0.1) is 0 Å². The molecule has 1 aliphatic carbocycles. The highest BCUT2D eigenvalue weighted by Gasteiger charge is 2.39. The van der Waals surface area contributed by atoms with Crippen LogP contribution in [0.1, 0.15) is 80.9 Å². The Morgan fingerprint density at radius 2 is 1.81 bits per heavy atom. The minimum absolute atomic E-state index is 0.0468. The summed E-state index contributed by atoms with van der Waals surface area (Å²) in [5.74, 6) is -0.648. The van der Waals surface area contributed by atoms with Crippen LogP contribution < -0.4 is 5.32 Å². The van der Waals surface area contributed by atoms with Gasteiger partial charge < -0.3 is 14.7 Å². The molecule has 0 atom stereocenters. The number of amides is 1. The number of halogens is 1. The van der Waals surface area contributed by atoms with Gasteiger partial charge >= 0.3 is 0 Å². The van der Waals surface area contributed by atoms with E-state index in [1.807, 2.05) is 37.6 Å². The van der Waals surface area contributed by atoms with Gasteiger partial charge in [-0.25, -0.2) is 4.39 Å². The van der Waals surface area contributed by atoms with Gasteiger partial charge in [0.2, 0.25) is 5.91 Å². The van der Waals surface area contributed by atoms with Gasteiger partial charge in [-0.05, 0) is 69.8 Å². The van der Waals surface area contributed by atoms with Crippen molar-refractivity contribution >= 4 is 36.6 Å². The molecular weight excluding hydrogens is 551 g/mol. The molecule has 4 heterocycles. The Labute approximate surface area is 246 Å². The van der Waals surface area contributed by atoms with Crippen LogP contribution in [0.15, 0.2) is 49.3 Å². The second-order valence-corrected chi connectivity index (χ2v) is 17.7. The summed E-state index contributed by atoms with van der Waals surface area (Å²) in [4.78, 5) is 45.5. The van der Waals surface area contributed by atoms with Crippen molar-refractivity contribution in [3.63, 3.8) is 0 Å². The highest BCUT2D eigenvalue weighted by molar-refractivity contribution is 6.72. The zero-order valence-corrected chi connectivity index (χ0v) is 26.1. The molecule has 2 N–H and O–H groups in total. The van der Waals surface area contributed by atoms with Crippen molar-refractivity contribution in [3.8, 4) is 0 Å². The van der Waals surface area contributed by atoms with E-state index in [1.165, 1.54) is 18.6 Å². The third-order valence-corrected chi connectivity index (χ3v) is 12.4. The first-order valence-corrected chi connectivity index (χ1v) is 17.3. The molecule has 1 aliphatic rings. The van der Waals surface area contributed by atoms with Crippen molar-refractivity contribution in [1.82, 2.24) is 24.3 Å². The minimum Gasteiger partial charge on any atom is -0.432 e. The number of carbonyl (C=O) groups is 2. The normalized spacial score (nSPS) is 14.4. The average molecular weight is 591 g/mol. The average Bonchev–Trinajstić information content (AvgIpc) is 3.52. The van der Waals surface area contributed by atoms with Crippen LogP contribution in [0.3, 0.4) is 0 Å². The third kappa shape index (κ3) is 6.07. The van der Waals surface area contributed by atoms with E-state index in [-0.39, 0.29) is 28.8 Å². The number of carbonyl (C=O) groups excluding carboxylic acids is 2. The lowest BCUT2D eigenvalue weighted by Gasteiger charge is -2.38. The first-order valence-electron chi connectivity index (χ1n) is 14.4. The Balaban J connectivity index is 1.39. The second-order valence-electron chi connectivity index (χ2n) is 13.2. The number of fused-ring (bicyclic) bond motifs is 1. The molecule has 4 aromatic heterocycles. The predicted molar refractivity (Wildman–Crippen MR) is 162 cm³/mol. The number of anilines is 1. The highest BCUT2D eigenvalue weighted by atomic mass is 28.4. The number of hydrogen-bond acceptors (Lipinski definition) is 6. The van der Waals surface area contributed by atoms with Crippen LogP contribution in [0.25, 0.3) is 10.9 Å². The van der Waals surface area contributed by atoms with Gasteiger partial charge in [0.25, 0.3) is 0 Å². The molecule has 11 heteroatoms. The number of aromatic nitrogens is 5. The zero-order chi connectivity index (χ0) is 30.4. The van der Waals surface area contributed by atoms with Gasteiger partial charge in [0.05, 0.1) is 29.3 Å². The molecule has 42 heavy (non-hydrogen) atoms. The maximum absolute atomic E-state index is 15.3. The molecule has 0 spiro atoms. The van der Waals surface area contributed by atoms with Crippen molar-refractivity contribution in [2.24, 2.45) is 0 Å². The van der Waals surface area contributed by atoms with Crippen LogP contribution in [0.5, 0.6) is 0 Å². The SMILES string of the molecule is CC(C)(CCC(C)(C)[Si](C)(C)O)n1cc(C(=O)c2cncc(NC(=O)Cn3ccc(C4CC4)n3)c2)c2cncc(F)c21. The van der Waals surface area contributed by atoms with E-state index in [9.17, 15) is 14.4 Å². The van der Waals surface area contributed by atoms with E-state index in [0.29, 0.717) is 34.5 Å². The molecule has 0 unspecified atom stereocenters. The van der Waals surface area contributed by atoms with E-state index in [4.69, 9.17) is 0 Å². The Hall–Kier alpha value is -3.70. The standard InChI is InChI=1S/C31H39FN6O3Si/c1-30(2,10-11-31(3,4)42(5,6)41)38-18-24(23-16-34-17-25(32)28(23)38)29(40)21-13-22(15-33-14-21)35-27(39)19-37-12-9-26(36-37)20-7-8-20/h9,12-18,20,41H,7-8,10-11,19H2,1-6H3,(H,35,39). The fraction of sp³-hybridized carbons (Fsp3) is 0.452. The lowest BCUT2D eigenvalue weighted by atomic mass is 9.92. The quantitative estimate of drug-likeness (QED) is 0.163. The molecule has 1 saturated carbocycles. The molecule has 0 aromatic carbocycles. The zero-order valence-electron chi connectivity index (χ0n) is 25.1. The van der Waals surface area contributed by atoms with Crippen LogP contribution in [0.2, 0.25) is 18.1 Å². The monoisotopic (exact) mass is 590 g/mol. The topological polar surface area (TPSA) is 115 Å². The van der Waals surface area contributed by atoms with Crippen molar-refractivity contribution < 1.29 is 18.8 Å². The smallest absolute Gasteiger partial charge is 0.246 e. The lowest BCUT2D eigenvalue weighted by Crippen LogP contribution is -2.40. The molecule has 0 aliphatic heterocycles. The maximum Gasteiger partial charge on any atom is 0.246 e. The van der Waals surface area contributed by atoms with Crippen LogP contribution in [0, 0.1) is 5.82 Å². The number of nitrogens with zero attached hydrogens (tertiary/aromatic N) is 5. The van der Waals surface area contributed by atoms with Crippen molar-refractivity contribution in [2.75, 3.05) is 5.32 Å². The van der Waals surface area contributed by atoms with Crippen LogP contribution >= 0.6 is 0 Å². The number of ketones is 1. The van der Waals surface area contributed by atoms with E-state index in [2.05, 4.69) is 34.2 Å². The summed E-state index contributed by atoms with van der Waals surface area (Å²) in [6.45, 7) is 12.1. The largest absolute Gasteiger partial charge is 0.432 e. The molecule has 0 saturated heterocycles. The summed E-state index contributed by atoms with van der Waals surface area (Å²) in [6, 6.07) is 3.51. The Bertz CT molecular complexity index is 1650.